The molecule has 6 heteroatoms. The standard InChI is InChI=1S/C24H21NO5/c1-2-30-24(27)22(23(26)19-13-15-20(16-14-19)25(28)29)21(17-9-5-3-6-10-17)18-11-7-4-8-12-18/h3-16,21-22H,2H2,1H3. The number of hydrogen-bond donors (Lipinski definition) is 0. The average molecular weight is 403 g/mol. The molecular weight excluding hydrogens is 382 g/mol. The molecule has 0 heterocycles. The van der Waals surface area contributed by atoms with Crippen molar-refractivity contribution in [2.24, 2.45) is 5.92 Å². The fourth-order valence-electron chi connectivity index (χ4n) is 3.45. The number of carbonyl (C=O) groups is 2. The number of nitro groups is 1. The molecule has 0 saturated heterocycles. The van der Waals surface area contributed by atoms with E-state index in [0.29, 0.717) is 0 Å². The first-order valence-corrected chi connectivity index (χ1v) is 9.58. The van der Waals surface area contributed by atoms with Crippen LogP contribution in [-0.4, -0.2) is 23.3 Å². The van der Waals surface area contributed by atoms with E-state index in [1.807, 2.05) is 60.7 Å². The van der Waals surface area contributed by atoms with Crippen molar-refractivity contribution in [3.8, 4) is 0 Å². The van der Waals surface area contributed by atoms with Crippen LogP contribution in [0, 0.1) is 16.0 Å². The summed E-state index contributed by atoms with van der Waals surface area (Å²) in [6.07, 6.45) is 0. The lowest BCUT2D eigenvalue weighted by molar-refractivity contribution is -0.384. The van der Waals surface area contributed by atoms with Gasteiger partial charge in [0.25, 0.3) is 5.69 Å². The number of carbonyl (C=O) groups excluding carboxylic acids is 2. The Morgan fingerprint density at radius 2 is 1.37 bits per heavy atom. The van der Waals surface area contributed by atoms with Crippen LogP contribution in [0.1, 0.15) is 34.3 Å². The molecule has 0 aliphatic heterocycles. The predicted octanol–water partition coefficient (Wildman–Crippen LogP) is 4.79. The first-order valence-electron chi connectivity index (χ1n) is 9.58. The summed E-state index contributed by atoms with van der Waals surface area (Å²) in [6.45, 7) is 1.82. The second-order valence-corrected chi connectivity index (χ2v) is 6.70. The van der Waals surface area contributed by atoms with E-state index < -0.39 is 28.5 Å². The lowest BCUT2D eigenvalue weighted by Gasteiger charge is -2.26. The van der Waals surface area contributed by atoms with Crippen molar-refractivity contribution in [3.05, 3.63) is 112 Å². The maximum Gasteiger partial charge on any atom is 0.317 e. The maximum atomic E-state index is 13.5. The summed E-state index contributed by atoms with van der Waals surface area (Å²) in [5, 5.41) is 10.9. The summed E-state index contributed by atoms with van der Waals surface area (Å²) >= 11 is 0. The zero-order chi connectivity index (χ0) is 21.5. The third-order valence-electron chi connectivity index (χ3n) is 4.84. The van der Waals surface area contributed by atoms with Gasteiger partial charge >= 0.3 is 5.97 Å². The Bertz CT molecular complexity index is 977. The fraction of sp³-hybridized carbons (Fsp3) is 0.167. The second-order valence-electron chi connectivity index (χ2n) is 6.70. The van der Waals surface area contributed by atoms with E-state index in [2.05, 4.69) is 0 Å². The summed E-state index contributed by atoms with van der Waals surface area (Å²) in [5.41, 5.74) is 1.70. The molecule has 3 aromatic rings. The SMILES string of the molecule is CCOC(=O)C(C(=O)c1ccc([N+](=O)[O-])cc1)C(c1ccccc1)c1ccccc1. The molecule has 152 valence electrons. The van der Waals surface area contributed by atoms with Gasteiger partial charge in [-0.3, -0.25) is 19.7 Å². The number of rotatable bonds is 8. The quantitative estimate of drug-likeness (QED) is 0.177. The van der Waals surface area contributed by atoms with Crippen LogP contribution in [0.3, 0.4) is 0 Å². The summed E-state index contributed by atoms with van der Waals surface area (Å²) in [4.78, 5) is 36.8. The molecule has 3 aromatic carbocycles. The molecule has 1 atom stereocenters. The Morgan fingerprint density at radius 3 is 1.80 bits per heavy atom. The molecule has 0 aromatic heterocycles. The molecule has 3 rings (SSSR count). The normalized spacial score (nSPS) is 11.7. The topological polar surface area (TPSA) is 86.5 Å². The lowest BCUT2D eigenvalue weighted by atomic mass is 9.77. The van der Waals surface area contributed by atoms with Crippen LogP contribution < -0.4 is 0 Å². The Labute approximate surface area is 174 Å². The van der Waals surface area contributed by atoms with Gasteiger partial charge in [0.05, 0.1) is 11.5 Å². The minimum Gasteiger partial charge on any atom is -0.465 e. The smallest absolute Gasteiger partial charge is 0.317 e. The molecule has 30 heavy (non-hydrogen) atoms. The highest BCUT2D eigenvalue weighted by atomic mass is 16.6. The fourth-order valence-corrected chi connectivity index (χ4v) is 3.45. The Kier molecular flexibility index (Phi) is 6.70. The minimum atomic E-state index is -1.13. The van der Waals surface area contributed by atoms with Crippen molar-refractivity contribution in [1.29, 1.82) is 0 Å². The van der Waals surface area contributed by atoms with E-state index in [9.17, 15) is 19.7 Å². The van der Waals surface area contributed by atoms with Crippen LogP contribution in [0.2, 0.25) is 0 Å². The van der Waals surface area contributed by atoms with Crippen molar-refractivity contribution in [3.63, 3.8) is 0 Å². The van der Waals surface area contributed by atoms with Gasteiger partial charge in [0, 0.05) is 23.6 Å². The number of nitro benzene ring substituents is 1. The van der Waals surface area contributed by atoms with Gasteiger partial charge < -0.3 is 4.74 Å². The van der Waals surface area contributed by atoms with Crippen molar-refractivity contribution in [2.45, 2.75) is 12.8 Å². The second kappa shape index (κ2) is 9.60. The molecule has 6 nitrogen and oxygen atoms in total. The van der Waals surface area contributed by atoms with E-state index in [1.165, 1.54) is 24.3 Å². The van der Waals surface area contributed by atoms with E-state index in [1.54, 1.807) is 6.92 Å². The van der Waals surface area contributed by atoms with Crippen LogP contribution in [0.15, 0.2) is 84.9 Å². The largest absolute Gasteiger partial charge is 0.465 e. The molecule has 0 fully saturated rings. The number of benzene rings is 3. The van der Waals surface area contributed by atoms with Crippen molar-refractivity contribution in [1.82, 2.24) is 0 Å². The van der Waals surface area contributed by atoms with Gasteiger partial charge in [-0.15, -0.1) is 0 Å². The highest BCUT2D eigenvalue weighted by Crippen LogP contribution is 2.35. The minimum absolute atomic E-state index is 0.123. The van der Waals surface area contributed by atoms with Crippen molar-refractivity contribution in [2.75, 3.05) is 6.61 Å². The predicted molar refractivity (Wildman–Crippen MR) is 112 cm³/mol. The molecule has 0 bridgehead atoms. The number of hydrogen-bond acceptors (Lipinski definition) is 5. The number of nitrogens with zero attached hydrogens (tertiary/aromatic N) is 1. The van der Waals surface area contributed by atoms with Gasteiger partial charge in [-0.2, -0.15) is 0 Å². The molecule has 0 aliphatic carbocycles. The number of esters is 1. The zero-order valence-corrected chi connectivity index (χ0v) is 16.4. The zero-order valence-electron chi connectivity index (χ0n) is 16.4. The number of ether oxygens (including phenoxy) is 1. The number of non-ortho nitro benzene ring substituents is 1. The summed E-state index contributed by atoms with van der Waals surface area (Å²) in [6, 6.07) is 23.9. The molecule has 0 N–H and O–H groups in total. The van der Waals surface area contributed by atoms with Crippen LogP contribution in [0.5, 0.6) is 0 Å². The van der Waals surface area contributed by atoms with E-state index >= 15 is 0 Å². The van der Waals surface area contributed by atoms with Gasteiger partial charge in [-0.25, -0.2) is 0 Å². The van der Waals surface area contributed by atoms with Crippen LogP contribution in [0.25, 0.3) is 0 Å². The Morgan fingerprint density at radius 1 is 0.867 bits per heavy atom. The average Bonchev–Trinajstić information content (AvgIpc) is 2.78. The Hall–Kier alpha value is -3.80. The molecule has 0 amide bonds. The molecule has 0 aliphatic rings. The van der Waals surface area contributed by atoms with Gasteiger partial charge in [0.15, 0.2) is 5.78 Å². The van der Waals surface area contributed by atoms with Crippen LogP contribution >= 0.6 is 0 Å². The Balaban J connectivity index is 2.11. The van der Waals surface area contributed by atoms with Crippen LogP contribution in [-0.2, 0) is 9.53 Å². The van der Waals surface area contributed by atoms with Gasteiger partial charge in [0.2, 0.25) is 0 Å². The highest BCUT2D eigenvalue weighted by Gasteiger charge is 2.38. The van der Waals surface area contributed by atoms with Gasteiger partial charge in [-0.1, -0.05) is 60.7 Å². The van der Waals surface area contributed by atoms with Crippen LogP contribution in [0.4, 0.5) is 5.69 Å². The third-order valence-corrected chi connectivity index (χ3v) is 4.84. The monoisotopic (exact) mass is 403 g/mol. The summed E-state index contributed by atoms with van der Waals surface area (Å²) < 4.78 is 5.26. The number of ketones is 1. The first kappa shape index (κ1) is 20.9. The number of Topliss-reactive ketones (excluding diaryl/α,β-unsaturated/α-hetero) is 1. The first-order chi connectivity index (χ1) is 14.5. The molecule has 0 saturated carbocycles. The van der Waals surface area contributed by atoms with Crippen molar-refractivity contribution < 1.29 is 19.2 Å². The molecule has 0 spiro atoms. The van der Waals surface area contributed by atoms with E-state index in [4.69, 9.17) is 4.74 Å². The van der Waals surface area contributed by atoms with E-state index in [-0.39, 0.29) is 17.9 Å². The third kappa shape index (κ3) is 4.60. The maximum absolute atomic E-state index is 13.5. The van der Waals surface area contributed by atoms with Crippen molar-refractivity contribution >= 4 is 17.4 Å². The molecule has 1 unspecified atom stereocenters. The lowest BCUT2D eigenvalue weighted by Crippen LogP contribution is -2.32. The molecular formula is C24H21NO5. The van der Waals surface area contributed by atoms with Gasteiger partial charge in [0.1, 0.15) is 5.92 Å². The summed E-state index contributed by atoms with van der Waals surface area (Å²) in [7, 11) is 0. The molecule has 0 radical (unpaired) electrons. The van der Waals surface area contributed by atoms with Gasteiger partial charge in [-0.05, 0) is 30.2 Å². The van der Waals surface area contributed by atoms with E-state index in [0.717, 1.165) is 11.1 Å². The highest BCUT2D eigenvalue weighted by molar-refractivity contribution is 6.09. The summed E-state index contributed by atoms with van der Waals surface area (Å²) in [5.74, 6) is -2.76.